The van der Waals surface area contributed by atoms with Crippen LogP contribution in [0.4, 0.5) is 11.4 Å². The van der Waals surface area contributed by atoms with Gasteiger partial charge in [-0.25, -0.2) is 0 Å². The summed E-state index contributed by atoms with van der Waals surface area (Å²) in [5, 5.41) is 0. The molecule has 3 nitrogen and oxygen atoms in total. The molecule has 0 aromatic heterocycles. The molecule has 4 rings (SSSR count). The van der Waals surface area contributed by atoms with Crippen molar-refractivity contribution in [2.45, 2.75) is 38.5 Å². The Morgan fingerprint density at radius 3 is 2.00 bits per heavy atom. The lowest BCUT2D eigenvalue weighted by molar-refractivity contribution is 0.348. The van der Waals surface area contributed by atoms with Crippen molar-refractivity contribution >= 4 is 11.4 Å². The molecule has 3 aromatic rings. The molecule has 1 aliphatic carbocycles. The summed E-state index contributed by atoms with van der Waals surface area (Å²) in [7, 11) is 0. The third kappa shape index (κ3) is 4.14. The normalized spacial score (nSPS) is 19.3. The molecule has 0 spiro atoms. The van der Waals surface area contributed by atoms with Crippen molar-refractivity contribution in [1.29, 1.82) is 0 Å². The maximum Gasteiger partial charge on any atom is 0.152 e. The van der Waals surface area contributed by atoms with Gasteiger partial charge in [-0.15, -0.1) is 0 Å². The van der Waals surface area contributed by atoms with Crippen LogP contribution in [-0.2, 0) is 0 Å². The van der Waals surface area contributed by atoms with Gasteiger partial charge in [-0.1, -0.05) is 56.2 Å². The highest BCUT2D eigenvalue weighted by Crippen LogP contribution is 2.36. The summed E-state index contributed by atoms with van der Waals surface area (Å²) in [6, 6.07) is 22.4. The molecule has 0 aliphatic heterocycles. The molecule has 4 N–H and O–H groups in total. The van der Waals surface area contributed by atoms with E-state index in [9.17, 15) is 0 Å². The second kappa shape index (κ2) is 7.97. The van der Waals surface area contributed by atoms with Crippen LogP contribution < -0.4 is 16.2 Å². The molecule has 3 heteroatoms. The van der Waals surface area contributed by atoms with E-state index in [1.54, 1.807) is 18.2 Å². The molecule has 0 amide bonds. The summed E-state index contributed by atoms with van der Waals surface area (Å²) >= 11 is 0. The van der Waals surface area contributed by atoms with E-state index >= 15 is 0 Å². The van der Waals surface area contributed by atoms with Crippen molar-refractivity contribution in [3.8, 4) is 22.6 Å². The first-order valence-corrected chi connectivity index (χ1v) is 10.1. The molecule has 0 heterocycles. The Labute approximate surface area is 167 Å². The van der Waals surface area contributed by atoms with Crippen LogP contribution in [0.1, 0.15) is 44.1 Å². The van der Waals surface area contributed by atoms with Gasteiger partial charge in [-0.05, 0) is 65.6 Å². The van der Waals surface area contributed by atoms with Crippen LogP contribution in [0.3, 0.4) is 0 Å². The van der Waals surface area contributed by atoms with Crippen LogP contribution in [0.2, 0.25) is 0 Å². The van der Waals surface area contributed by atoms with Gasteiger partial charge in [0.05, 0.1) is 5.69 Å². The molecule has 28 heavy (non-hydrogen) atoms. The van der Waals surface area contributed by atoms with Gasteiger partial charge in [0.15, 0.2) is 5.75 Å². The number of anilines is 2. The van der Waals surface area contributed by atoms with Gasteiger partial charge in [-0.2, -0.15) is 0 Å². The lowest BCUT2D eigenvalue weighted by Crippen LogP contribution is -2.10. The van der Waals surface area contributed by atoms with E-state index in [1.807, 2.05) is 12.1 Å². The van der Waals surface area contributed by atoms with Crippen molar-refractivity contribution in [2.75, 3.05) is 11.5 Å². The van der Waals surface area contributed by atoms with Gasteiger partial charge in [0.2, 0.25) is 0 Å². The predicted molar refractivity (Wildman–Crippen MR) is 118 cm³/mol. The van der Waals surface area contributed by atoms with Gasteiger partial charge in [0, 0.05) is 11.8 Å². The van der Waals surface area contributed by atoms with E-state index in [2.05, 4.69) is 43.3 Å². The molecule has 0 unspecified atom stereocenters. The zero-order valence-electron chi connectivity index (χ0n) is 16.4. The number of ether oxygens (including phenoxy) is 1. The van der Waals surface area contributed by atoms with Crippen LogP contribution in [0.5, 0.6) is 11.5 Å². The summed E-state index contributed by atoms with van der Waals surface area (Å²) in [5.74, 6) is 2.94. The number of hydrogen-bond donors (Lipinski definition) is 2. The van der Waals surface area contributed by atoms with E-state index in [-0.39, 0.29) is 0 Å². The Balaban J connectivity index is 1.45. The fourth-order valence-electron chi connectivity index (χ4n) is 4.02. The van der Waals surface area contributed by atoms with Crippen molar-refractivity contribution in [3.05, 3.63) is 72.3 Å². The summed E-state index contributed by atoms with van der Waals surface area (Å²) < 4.78 is 5.88. The maximum atomic E-state index is 5.96. The molecule has 0 bridgehead atoms. The van der Waals surface area contributed by atoms with Gasteiger partial charge < -0.3 is 16.2 Å². The third-order valence-corrected chi connectivity index (χ3v) is 5.85. The SMILES string of the molecule is CC1CCC(c2ccc(-c3ccc(Oc4cc(N)ccc4N)cc3)cc2)CC1. The van der Waals surface area contributed by atoms with Crippen LogP contribution >= 0.6 is 0 Å². The fourth-order valence-corrected chi connectivity index (χ4v) is 4.02. The summed E-state index contributed by atoms with van der Waals surface area (Å²) in [6.45, 7) is 2.37. The monoisotopic (exact) mass is 372 g/mol. The third-order valence-electron chi connectivity index (χ3n) is 5.85. The number of nitrogen functional groups attached to an aromatic ring is 2. The van der Waals surface area contributed by atoms with Crippen molar-refractivity contribution in [1.82, 2.24) is 0 Å². The molecule has 0 radical (unpaired) electrons. The number of benzene rings is 3. The first-order chi connectivity index (χ1) is 13.6. The first-order valence-electron chi connectivity index (χ1n) is 10.1. The molecular weight excluding hydrogens is 344 g/mol. The van der Waals surface area contributed by atoms with Gasteiger partial charge in [-0.3, -0.25) is 0 Å². The fraction of sp³-hybridized carbons (Fsp3) is 0.280. The molecule has 1 saturated carbocycles. The van der Waals surface area contributed by atoms with E-state index in [1.165, 1.54) is 42.4 Å². The summed E-state index contributed by atoms with van der Waals surface area (Å²) in [5.41, 5.74) is 16.9. The van der Waals surface area contributed by atoms with Crippen LogP contribution in [0.25, 0.3) is 11.1 Å². The Morgan fingerprint density at radius 1 is 0.750 bits per heavy atom. The summed E-state index contributed by atoms with van der Waals surface area (Å²) in [4.78, 5) is 0. The van der Waals surface area contributed by atoms with E-state index in [0.29, 0.717) is 17.1 Å². The lowest BCUT2D eigenvalue weighted by Gasteiger charge is -2.26. The van der Waals surface area contributed by atoms with Crippen molar-refractivity contribution < 1.29 is 4.74 Å². The van der Waals surface area contributed by atoms with E-state index in [4.69, 9.17) is 16.2 Å². The molecule has 1 aliphatic rings. The van der Waals surface area contributed by atoms with Gasteiger partial charge >= 0.3 is 0 Å². The molecular formula is C25H28N2O. The Hall–Kier alpha value is -2.94. The molecule has 0 saturated heterocycles. The maximum absolute atomic E-state index is 5.96. The molecule has 3 aromatic carbocycles. The molecule has 0 atom stereocenters. The highest BCUT2D eigenvalue weighted by molar-refractivity contribution is 5.65. The van der Waals surface area contributed by atoms with E-state index in [0.717, 1.165) is 17.6 Å². The molecule has 1 fully saturated rings. The van der Waals surface area contributed by atoms with Crippen molar-refractivity contribution in [2.24, 2.45) is 5.92 Å². The Bertz CT molecular complexity index is 924. The zero-order valence-corrected chi connectivity index (χ0v) is 16.4. The quantitative estimate of drug-likeness (QED) is 0.507. The van der Waals surface area contributed by atoms with Crippen molar-refractivity contribution in [3.63, 3.8) is 0 Å². The van der Waals surface area contributed by atoms with Crippen LogP contribution in [0.15, 0.2) is 66.7 Å². The van der Waals surface area contributed by atoms with E-state index < -0.39 is 0 Å². The smallest absolute Gasteiger partial charge is 0.152 e. The number of nitrogens with two attached hydrogens (primary N) is 2. The predicted octanol–water partition coefficient (Wildman–Crippen LogP) is 6.60. The largest absolute Gasteiger partial charge is 0.455 e. The average molecular weight is 373 g/mol. The molecule has 144 valence electrons. The van der Waals surface area contributed by atoms with Crippen LogP contribution in [0, 0.1) is 5.92 Å². The average Bonchev–Trinajstić information content (AvgIpc) is 2.72. The second-order valence-corrected chi connectivity index (χ2v) is 8.00. The second-order valence-electron chi connectivity index (χ2n) is 8.00. The minimum atomic E-state index is 0.575. The standard InChI is InChI=1S/C25H28N2O/c1-17-2-4-18(5-3-17)19-6-8-20(9-7-19)21-10-13-23(14-11-21)28-25-16-22(26)12-15-24(25)27/h6-18H,2-5,26-27H2,1H3. The number of rotatable bonds is 4. The topological polar surface area (TPSA) is 61.3 Å². The van der Waals surface area contributed by atoms with Crippen LogP contribution in [-0.4, -0.2) is 0 Å². The lowest BCUT2D eigenvalue weighted by atomic mass is 9.79. The minimum Gasteiger partial charge on any atom is -0.455 e. The highest BCUT2D eigenvalue weighted by Gasteiger charge is 2.19. The first kappa shape index (κ1) is 18.4. The minimum absolute atomic E-state index is 0.575. The van der Waals surface area contributed by atoms with Gasteiger partial charge in [0.1, 0.15) is 5.75 Å². The zero-order chi connectivity index (χ0) is 19.5. The van der Waals surface area contributed by atoms with Gasteiger partial charge in [0.25, 0.3) is 0 Å². The Morgan fingerprint density at radius 2 is 1.36 bits per heavy atom. The Kier molecular flexibility index (Phi) is 5.25. The highest BCUT2D eigenvalue weighted by atomic mass is 16.5. The number of hydrogen-bond acceptors (Lipinski definition) is 3. The summed E-state index contributed by atoms with van der Waals surface area (Å²) in [6.07, 6.45) is 5.34.